The van der Waals surface area contributed by atoms with Gasteiger partial charge in [-0.2, -0.15) is 0 Å². The molecular weight excluding hydrogens is 242 g/mol. The van der Waals surface area contributed by atoms with E-state index < -0.39 is 0 Å². The number of thioether (sulfide) groups is 1. The summed E-state index contributed by atoms with van der Waals surface area (Å²) in [4.78, 5) is 16.6. The molecule has 0 aliphatic heterocycles. The molecule has 0 saturated heterocycles. The van der Waals surface area contributed by atoms with Crippen molar-refractivity contribution in [3.8, 4) is 0 Å². The van der Waals surface area contributed by atoms with Crippen molar-refractivity contribution in [3.63, 3.8) is 0 Å². The number of carbonyl (C=O) groups is 1. The zero-order chi connectivity index (χ0) is 13.0. The van der Waals surface area contributed by atoms with Crippen LogP contribution in [0, 0.1) is 6.57 Å². The Morgan fingerprint density at radius 3 is 1.94 bits per heavy atom. The topological polar surface area (TPSA) is 21.4 Å². The summed E-state index contributed by atoms with van der Waals surface area (Å²) in [5.74, 6) is -0.0146. The Balaban J connectivity index is 2.26. The minimum atomic E-state index is -0.0146. The maximum Gasteiger partial charge on any atom is 0.192 e. The molecule has 3 heteroatoms. The Morgan fingerprint density at radius 2 is 1.50 bits per heavy atom. The smallest absolute Gasteiger partial charge is 0.192 e. The van der Waals surface area contributed by atoms with E-state index in [0.29, 0.717) is 16.8 Å². The van der Waals surface area contributed by atoms with Crippen LogP contribution in [-0.2, 0) is 0 Å². The van der Waals surface area contributed by atoms with E-state index in [0.717, 1.165) is 4.90 Å². The fourth-order valence-electron chi connectivity index (χ4n) is 1.60. The quantitative estimate of drug-likeness (QED) is 0.464. The third-order valence-electron chi connectivity index (χ3n) is 2.61. The van der Waals surface area contributed by atoms with Gasteiger partial charge < -0.3 is 0 Å². The molecule has 0 fully saturated rings. The molecule has 88 valence electrons. The van der Waals surface area contributed by atoms with Crippen molar-refractivity contribution in [1.29, 1.82) is 0 Å². The van der Waals surface area contributed by atoms with Crippen LogP contribution in [0.25, 0.3) is 4.85 Å². The molecule has 2 rings (SSSR count). The summed E-state index contributed by atoms with van der Waals surface area (Å²) in [6.45, 7) is 6.87. The summed E-state index contributed by atoms with van der Waals surface area (Å²) in [6.07, 6.45) is 2.00. The second-order valence-electron chi connectivity index (χ2n) is 3.72. The van der Waals surface area contributed by atoms with Gasteiger partial charge in [0.05, 0.1) is 6.57 Å². The number of hydrogen-bond donors (Lipinski definition) is 0. The normalized spacial score (nSPS) is 9.78. The van der Waals surface area contributed by atoms with Crippen LogP contribution in [0.1, 0.15) is 15.9 Å². The molecule has 0 unspecified atom stereocenters. The van der Waals surface area contributed by atoms with Gasteiger partial charge in [0.25, 0.3) is 0 Å². The molecule has 0 N–H and O–H groups in total. The Labute approximate surface area is 110 Å². The van der Waals surface area contributed by atoms with Gasteiger partial charge in [0.2, 0.25) is 0 Å². The molecule has 0 aromatic heterocycles. The molecule has 0 atom stereocenters. The first-order valence-corrected chi connectivity index (χ1v) is 6.63. The Morgan fingerprint density at radius 1 is 1.00 bits per heavy atom. The molecule has 0 saturated carbocycles. The number of ketones is 1. The molecule has 2 nitrogen and oxygen atoms in total. The first kappa shape index (κ1) is 12.4. The standard InChI is InChI=1S/C15H11NOS/c1-16-13-7-3-11(4-8-13)15(17)12-5-9-14(18-2)10-6-12/h3-10H,2H3. The first-order chi connectivity index (χ1) is 8.74. The lowest BCUT2D eigenvalue weighted by Gasteiger charge is -2.02. The van der Waals surface area contributed by atoms with Gasteiger partial charge in [-0.1, -0.05) is 24.3 Å². The average molecular weight is 253 g/mol. The molecule has 2 aromatic rings. The first-order valence-electron chi connectivity index (χ1n) is 5.41. The van der Waals surface area contributed by atoms with E-state index in [-0.39, 0.29) is 5.78 Å². The highest BCUT2D eigenvalue weighted by Gasteiger charge is 2.08. The number of benzene rings is 2. The molecule has 0 radical (unpaired) electrons. The average Bonchev–Trinajstić information content (AvgIpc) is 2.47. The highest BCUT2D eigenvalue weighted by Crippen LogP contribution is 2.18. The Kier molecular flexibility index (Phi) is 3.81. The maximum absolute atomic E-state index is 12.2. The zero-order valence-corrected chi connectivity index (χ0v) is 10.7. The van der Waals surface area contributed by atoms with Gasteiger partial charge in [0, 0.05) is 16.0 Å². The highest BCUT2D eigenvalue weighted by molar-refractivity contribution is 7.98. The second-order valence-corrected chi connectivity index (χ2v) is 4.60. The van der Waals surface area contributed by atoms with E-state index in [4.69, 9.17) is 6.57 Å². The molecular formula is C15H11NOS. The number of carbonyl (C=O) groups excluding carboxylic acids is 1. The summed E-state index contributed by atoms with van der Waals surface area (Å²) >= 11 is 1.65. The summed E-state index contributed by atoms with van der Waals surface area (Å²) in [7, 11) is 0. The third kappa shape index (κ3) is 2.61. The van der Waals surface area contributed by atoms with E-state index in [9.17, 15) is 4.79 Å². The molecule has 0 spiro atoms. The highest BCUT2D eigenvalue weighted by atomic mass is 32.2. The van der Waals surface area contributed by atoms with E-state index in [1.807, 2.05) is 30.5 Å². The van der Waals surface area contributed by atoms with Crippen LogP contribution in [0.4, 0.5) is 5.69 Å². The van der Waals surface area contributed by atoms with Crippen molar-refractivity contribution in [2.24, 2.45) is 0 Å². The van der Waals surface area contributed by atoms with Gasteiger partial charge in [0.1, 0.15) is 0 Å². The molecule has 0 amide bonds. The van der Waals surface area contributed by atoms with Gasteiger partial charge in [-0.3, -0.25) is 4.79 Å². The largest absolute Gasteiger partial charge is 0.289 e. The van der Waals surface area contributed by atoms with Gasteiger partial charge in [-0.15, -0.1) is 11.8 Å². The fourth-order valence-corrected chi connectivity index (χ4v) is 2.00. The number of rotatable bonds is 3. The predicted molar refractivity (Wildman–Crippen MR) is 74.4 cm³/mol. The minimum absolute atomic E-state index is 0.0146. The van der Waals surface area contributed by atoms with Crippen molar-refractivity contribution >= 4 is 23.2 Å². The van der Waals surface area contributed by atoms with Gasteiger partial charge >= 0.3 is 0 Å². The number of hydrogen-bond acceptors (Lipinski definition) is 2. The van der Waals surface area contributed by atoms with Gasteiger partial charge in [0.15, 0.2) is 11.5 Å². The molecule has 2 aromatic carbocycles. The van der Waals surface area contributed by atoms with Gasteiger partial charge in [-0.25, -0.2) is 4.85 Å². The van der Waals surface area contributed by atoms with Crippen LogP contribution >= 0.6 is 11.8 Å². The lowest BCUT2D eigenvalue weighted by atomic mass is 10.0. The van der Waals surface area contributed by atoms with Crippen LogP contribution < -0.4 is 0 Å². The van der Waals surface area contributed by atoms with Crippen LogP contribution in [0.5, 0.6) is 0 Å². The molecule has 0 aliphatic carbocycles. The Bertz CT molecular complexity index is 594. The Hall–Kier alpha value is -2.05. The predicted octanol–water partition coefficient (Wildman–Crippen LogP) is 4.19. The van der Waals surface area contributed by atoms with E-state index >= 15 is 0 Å². The van der Waals surface area contributed by atoms with Crippen molar-refractivity contribution in [3.05, 3.63) is 71.1 Å². The summed E-state index contributed by atoms with van der Waals surface area (Å²) in [5.41, 5.74) is 1.83. The van der Waals surface area contributed by atoms with E-state index in [1.54, 1.807) is 36.0 Å². The lowest BCUT2D eigenvalue weighted by molar-refractivity contribution is 0.103. The monoisotopic (exact) mass is 253 g/mol. The van der Waals surface area contributed by atoms with Crippen molar-refractivity contribution in [1.82, 2.24) is 0 Å². The van der Waals surface area contributed by atoms with Crippen molar-refractivity contribution in [2.75, 3.05) is 6.26 Å². The molecule has 0 aliphatic rings. The van der Waals surface area contributed by atoms with E-state index in [2.05, 4.69) is 4.85 Å². The minimum Gasteiger partial charge on any atom is -0.289 e. The summed E-state index contributed by atoms with van der Waals surface area (Å²) in [5, 5.41) is 0. The second kappa shape index (κ2) is 5.52. The van der Waals surface area contributed by atoms with Crippen molar-refractivity contribution < 1.29 is 4.79 Å². The molecule has 0 heterocycles. The maximum atomic E-state index is 12.2. The van der Waals surface area contributed by atoms with Gasteiger partial charge in [-0.05, 0) is 30.5 Å². The van der Waals surface area contributed by atoms with Crippen LogP contribution in [0.2, 0.25) is 0 Å². The summed E-state index contributed by atoms with van der Waals surface area (Å²) in [6, 6.07) is 14.2. The molecule has 18 heavy (non-hydrogen) atoms. The summed E-state index contributed by atoms with van der Waals surface area (Å²) < 4.78 is 0. The van der Waals surface area contributed by atoms with Crippen LogP contribution in [0.3, 0.4) is 0 Å². The van der Waals surface area contributed by atoms with Crippen LogP contribution in [0.15, 0.2) is 53.4 Å². The third-order valence-corrected chi connectivity index (χ3v) is 3.35. The lowest BCUT2D eigenvalue weighted by Crippen LogP contribution is -2.00. The molecule has 0 bridgehead atoms. The SMILES string of the molecule is [C-]#[N+]c1ccc(C(=O)c2ccc(SC)cc2)cc1. The fraction of sp³-hybridized carbons (Fsp3) is 0.0667. The van der Waals surface area contributed by atoms with Crippen molar-refractivity contribution in [2.45, 2.75) is 4.90 Å². The number of nitrogens with zero attached hydrogens (tertiary/aromatic N) is 1. The zero-order valence-electron chi connectivity index (χ0n) is 9.88. The van der Waals surface area contributed by atoms with E-state index in [1.165, 1.54) is 0 Å². The van der Waals surface area contributed by atoms with Crippen LogP contribution in [-0.4, -0.2) is 12.0 Å².